The zero-order valence-electron chi connectivity index (χ0n) is 9.60. The molecule has 0 saturated carbocycles. The van der Waals surface area contributed by atoms with E-state index in [1.54, 1.807) is 0 Å². The molecule has 4 N–H and O–H groups in total. The maximum atomic E-state index is 5.88. The lowest BCUT2D eigenvalue weighted by Crippen LogP contribution is -2.25. The van der Waals surface area contributed by atoms with Crippen LogP contribution in [0.1, 0.15) is 0 Å². The predicted molar refractivity (Wildman–Crippen MR) is 79.1 cm³/mol. The summed E-state index contributed by atoms with van der Waals surface area (Å²) in [5, 5.41) is 2.59. The Kier molecular flexibility index (Phi) is 3.97. The van der Waals surface area contributed by atoms with Gasteiger partial charge in [0.15, 0.2) is 19.5 Å². The Hall–Kier alpha value is -1.57. The second-order valence-electron chi connectivity index (χ2n) is 3.98. The van der Waals surface area contributed by atoms with E-state index in [1.807, 2.05) is 24.3 Å². The zero-order chi connectivity index (χ0) is 12.1. The highest BCUT2D eigenvalue weighted by Crippen LogP contribution is 1.97. The van der Waals surface area contributed by atoms with Crippen molar-refractivity contribution < 1.29 is 4.12 Å². The minimum Gasteiger partial charge on any atom is -0.458 e. The summed E-state index contributed by atoms with van der Waals surface area (Å²) in [6.45, 7) is 0. The average molecular weight is 260 g/mol. The summed E-state index contributed by atoms with van der Waals surface area (Å²) >= 11 is 0. The first-order chi connectivity index (χ1) is 8.24. The number of hydrogen-bond donors (Lipinski definition) is 2. The van der Waals surface area contributed by atoms with Crippen LogP contribution in [0.2, 0.25) is 0 Å². The van der Waals surface area contributed by atoms with E-state index in [-0.39, 0.29) is 0 Å². The number of hydrogen-bond acceptors (Lipinski definition) is 3. The monoisotopic (exact) mass is 260 g/mol. The average Bonchev–Trinajstić information content (AvgIpc) is 2.34. The molecule has 0 heterocycles. The van der Waals surface area contributed by atoms with Crippen LogP contribution < -0.4 is 21.8 Å². The fraction of sp³-hybridized carbons (Fsp3) is 0. The fourth-order valence-corrected chi connectivity index (χ4v) is 4.66. The maximum absolute atomic E-state index is 5.88. The highest BCUT2D eigenvalue weighted by Gasteiger charge is 1.97. The first-order valence-electron chi connectivity index (χ1n) is 5.50. The molecule has 0 atom stereocenters. The van der Waals surface area contributed by atoms with Crippen molar-refractivity contribution in [1.82, 2.24) is 0 Å². The predicted octanol–water partition coefficient (Wildman–Crippen LogP) is -1.01. The van der Waals surface area contributed by atoms with Crippen molar-refractivity contribution in [2.45, 2.75) is 0 Å². The second kappa shape index (κ2) is 5.67. The highest BCUT2D eigenvalue weighted by molar-refractivity contribution is 6.60. The third kappa shape index (κ3) is 3.74. The van der Waals surface area contributed by atoms with Gasteiger partial charge in [0.2, 0.25) is 0 Å². The third-order valence-electron chi connectivity index (χ3n) is 2.50. The number of anilines is 2. The molecule has 0 spiro atoms. The van der Waals surface area contributed by atoms with Gasteiger partial charge in [-0.05, 0) is 34.6 Å². The van der Waals surface area contributed by atoms with Gasteiger partial charge >= 0.3 is 0 Å². The van der Waals surface area contributed by atoms with E-state index in [9.17, 15) is 0 Å². The minimum atomic E-state index is -0.606. The summed E-state index contributed by atoms with van der Waals surface area (Å²) in [7, 11) is -1.21. The molecule has 3 nitrogen and oxygen atoms in total. The number of nitrogen functional groups attached to an aromatic ring is 2. The SMILES string of the molecule is Nc1ccc([SiH2]O[SiH2]c2ccc(N)cc2)cc1. The lowest BCUT2D eigenvalue weighted by molar-refractivity contribution is 0.663. The van der Waals surface area contributed by atoms with E-state index in [0.29, 0.717) is 0 Å². The number of rotatable bonds is 4. The molecule has 2 rings (SSSR count). The van der Waals surface area contributed by atoms with Crippen molar-refractivity contribution in [3.63, 3.8) is 0 Å². The maximum Gasteiger partial charge on any atom is 0.178 e. The van der Waals surface area contributed by atoms with E-state index >= 15 is 0 Å². The lowest BCUT2D eigenvalue weighted by atomic mass is 10.3. The lowest BCUT2D eigenvalue weighted by Gasteiger charge is -2.04. The zero-order valence-corrected chi connectivity index (χ0v) is 12.4. The smallest absolute Gasteiger partial charge is 0.178 e. The Balaban J connectivity index is 1.83. The van der Waals surface area contributed by atoms with Crippen LogP contribution >= 0.6 is 0 Å². The molecule has 0 unspecified atom stereocenters. The Labute approximate surface area is 106 Å². The van der Waals surface area contributed by atoms with Crippen LogP contribution in [0.15, 0.2) is 48.5 Å². The van der Waals surface area contributed by atoms with Crippen molar-refractivity contribution >= 4 is 41.3 Å². The van der Waals surface area contributed by atoms with Gasteiger partial charge in [0.25, 0.3) is 0 Å². The standard InChI is InChI=1S/C12H16N2OSi2/c13-9-1-5-11(6-2-9)16-15-17-12-7-3-10(14)4-8-12/h1-8H,13-14,16-17H2. The highest BCUT2D eigenvalue weighted by atomic mass is 28.3. The van der Waals surface area contributed by atoms with Gasteiger partial charge in [0, 0.05) is 11.4 Å². The van der Waals surface area contributed by atoms with E-state index in [1.165, 1.54) is 10.4 Å². The first-order valence-corrected chi connectivity index (χ1v) is 8.07. The van der Waals surface area contributed by atoms with Crippen molar-refractivity contribution in [3.05, 3.63) is 48.5 Å². The minimum absolute atomic E-state index is 0.606. The molecule has 0 amide bonds. The molecule has 0 aliphatic carbocycles. The van der Waals surface area contributed by atoms with E-state index in [2.05, 4.69) is 24.3 Å². The van der Waals surface area contributed by atoms with Crippen LogP contribution in [-0.4, -0.2) is 19.5 Å². The van der Waals surface area contributed by atoms with Crippen LogP contribution in [0.4, 0.5) is 11.4 Å². The van der Waals surface area contributed by atoms with Crippen LogP contribution in [0.5, 0.6) is 0 Å². The molecule has 2 aromatic carbocycles. The van der Waals surface area contributed by atoms with Gasteiger partial charge in [-0.3, -0.25) is 0 Å². The molecule has 88 valence electrons. The second-order valence-corrected chi connectivity index (χ2v) is 7.82. The van der Waals surface area contributed by atoms with Crippen LogP contribution in [-0.2, 0) is 4.12 Å². The van der Waals surface area contributed by atoms with Gasteiger partial charge in [-0.1, -0.05) is 24.3 Å². The largest absolute Gasteiger partial charge is 0.458 e. The van der Waals surface area contributed by atoms with Crippen LogP contribution in [0.25, 0.3) is 0 Å². The molecule has 0 aromatic heterocycles. The molecular formula is C12H16N2OSi2. The summed E-state index contributed by atoms with van der Waals surface area (Å²) in [6, 6.07) is 15.9. The van der Waals surface area contributed by atoms with Gasteiger partial charge in [-0.15, -0.1) is 0 Å². The summed E-state index contributed by atoms with van der Waals surface area (Å²) in [5.41, 5.74) is 12.9. The summed E-state index contributed by atoms with van der Waals surface area (Å²) in [6.07, 6.45) is 0. The summed E-state index contributed by atoms with van der Waals surface area (Å²) in [4.78, 5) is 0. The Bertz CT molecular complexity index is 425. The van der Waals surface area contributed by atoms with Crippen molar-refractivity contribution in [2.24, 2.45) is 0 Å². The van der Waals surface area contributed by atoms with Gasteiger partial charge in [-0.25, -0.2) is 0 Å². The molecule has 0 aliphatic heterocycles. The van der Waals surface area contributed by atoms with Gasteiger partial charge < -0.3 is 15.6 Å². The molecule has 17 heavy (non-hydrogen) atoms. The van der Waals surface area contributed by atoms with E-state index in [0.717, 1.165) is 11.4 Å². The molecule has 5 heteroatoms. The fourth-order valence-electron chi connectivity index (χ4n) is 1.51. The topological polar surface area (TPSA) is 61.3 Å². The Morgan fingerprint density at radius 1 is 0.647 bits per heavy atom. The van der Waals surface area contributed by atoms with Crippen molar-refractivity contribution in [2.75, 3.05) is 11.5 Å². The van der Waals surface area contributed by atoms with Crippen molar-refractivity contribution in [1.29, 1.82) is 0 Å². The van der Waals surface area contributed by atoms with E-state index in [4.69, 9.17) is 15.6 Å². The Morgan fingerprint density at radius 2 is 1.00 bits per heavy atom. The normalized spacial score (nSPS) is 11.8. The van der Waals surface area contributed by atoms with Crippen LogP contribution in [0, 0.1) is 0 Å². The number of benzene rings is 2. The Morgan fingerprint density at radius 3 is 1.35 bits per heavy atom. The first kappa shape index (κ1) is 11.9. The molecular weight excluding hydrogens is 244 g/mol. The molecule has 0 aliphatic rings. The molecule has 0 saturated heterocycles. The van der Waals surface area contributed by atoms with Gasteiger partial charge in [-0.2, -0.15) is 0 Å². The molecule has 0 fully saturated rings. The van der Waals surface area contributed by atoms with Crippen LogP contribution in [0.3, 0.4) is 0 Å². The summed E-state index contributed by atoms with van der Waals surface area (Å²) < 4.78 is 5.88. The van der Waals surface area contributed by atoms with E-state index < -0.39 is 19.5 Å². The molecule has 0 radical (unpaired) electrons. The van der Waals surface area contributed by atoms with Crippen molar-refractivity contribution in [3.8, 4) is 0 Å². The molecule has 2 aromatic rings. The third-order valence-corrected chi connectivity index (χ3v) is 5.74. The summed E-state index contributed by atoms with van der Waals surface area (Å²) in [5.74, 6) is 0. The number of nitrogens with two attached hydrogens (primary N) is 2. The quantitative estimate of drug-likeness (QED) is 0.547. The molecule has 0 bridgehead atoms. The van der Waals surface area contributed by atoms with Gasteiger partial charge in [0.05, 0.1) is 0 Å². The van der Waals surface area contributed by atoms with Gasteiger partial charge in [0.1, 0.15) is 0 Å².